The Bertz CT molecular complexity index is 1370. The Labute approximate surface area is 183 Å². The number of benzene rings is 1. The van der Waals surface area contributed by atoms with Gasteiger partial charge >= 0.3 is 5.97 Å². The number of rotatable bonds is 7. The van der Waals surface area contributed by atoms with Gasteiger partial charge in [0, 0.05) is 6.92 Å². The molecule has 0 aliphatic heterocycles. The molecular formula is C20H14FN5O5S. The Morgan fingerprint density at radius 3 is 2.59 bits per heavy atom. The summed E-state index contributed by atoms with van der Waals surface area (Å²) in [5, 5.41) is 17.9. The van der Waals surface area contributed by atoms with Gasteiger partial charge in [-0.3, -0.25) is 9.59 Å². The Balaban J connectivity index is 1.77. The van der Waals surface area contributed by atoms with E-state index in [1.807, 2.05) is 0 Å². The van der Waals surface area contributed by atoms with Gasteiger partial charge in [-0.1, -0.05) is 12.1 Å². The normalized spacial score (nSPS) is 10.9. The maximum absolute atomic E-state index is 13.7. The molecule has 4 aromatic rings. The van der Waals surface area contributed by atoms with Gasteiger partial charge in [0.05, 0.1) is 4.88 Å². The molecule has 0 atom stereocenters. The molecule has 0 aliphatic rings. The summed E-state index contributed by atoms with van der Waals surface area (Å²) in [7, 11) is 0. The SMILES string of the molecule is CC(=O)c1ccc(Cn2nc(C(N)=O)c(-c3nc(C(=O)O)c(-c4cccc(F)c4)s3)n2)o1. The number of Topliss-reactive ketones (excluding diaryl/α,β-unsaturated/α-hetero) is 1. The van der Waals surface area contributed by atoms with E-state index in [9.17, 15) is 23.9 Å². The van der Waals surface area contributed by atoms with Crippen molar-refractivity contribution in [2.45, 2.75) is 13.5 Å². The number of hydrogen-bond donors (Lipinski definition) is 2. The fraction of sp³-hybridized carbons (Fsp3) is 0.100. The molecule has 12 heteroatoms. The van der Waals surface area contributed by atoms with Crippen molar-refractivity contribution in [1.82, 2.24) is 20.0 Å². The molecule has 3 N–H and O–H groups in total. The molecule has 162 valence electrons. The van der Waals surface area contributed by atoms with Crippen LogP contribution in [0, 0.1) is 5.82 Å². The summed E-state index contributed by atoms with van der Waals surface area (Å²) in [6, 6.07) is 8.47. The number of aromatic nitrogens is 4. The van der Waals surface area contributed by atoms with Gasteiger partial charge in [-0.15, -0.1) is 21.5 Å². The first-order valence-electron chi connectivity index (χ1n) is 9.08. The highest BCUT2D eigenvalue weighted by Gasteiger charge is 2.26. The lowest BCUT2D eigenvalue weighted by molar-refractivity contribution is 0.0691. The van der Waals surface area contributed by atoms with Crippen LogP contribution in [0.1, 0.15) is 44.2 Å². The molecule has 10 nitrogen and oxygen atoms in total. The number of ketones is 1. The molecule has 0 aliphatic carbocycles. The van der Waals surface area contributed by atoms with Crippen molar-refractivity contribution >= 4 is 29.0 Å². The van der Waals surface area contributed by atoms with Gasteiger partial charge in [0.25, 0.3) is 5.91 Å². The van der Waals surface area contributed by atoms with Crippen LogP contribution in [0.3, 0.4) is 0 Å². The smallest absolute Gasteiger partial charge is 0.356 e. The molecular weight excluding hydrogens is 441 g/mol. The van der Waals surface area contributed by atoms with E-state index in [2.05, 4.69) is 15.2 Å². The quantitative estimate of drug-likeness (QED) is 0.403. The lowest BCUT2D eigenvalue weighted by Crippen LogP contribution is -2.13. The molecule has 32 heavy (non-hydrogen) atoms. The van der Waals surface area contributed by atoms with Crippen molar-refractivity contribution in [2.24, 2.45) is 5.73 Å². The molecule has 3 heterocycles. The van der Waals surface area contributed by atoms with Crippen molar-refractivity contribution < 1.29 is 28.3 Å². The van der Waals surface area contributed by atoms with Gasteiger partial charge in [-0.05, 0) is 29.8 Å². The van der Waals surface area contributed by atoms with Gasteiger partial charge in [0.15, 0.2) is 28.6 Å². The number of carboxylic acid groups (broad SMARTS) is 1. The molecule has 0 saturated carbocycles. The van der Waals surface area contributed by atoms with E-state index in [0.717, 1.165) is 16.1 Å². The fourth-order valence-electron chi connectivity index (χ4n) is 2.91. The first-order valence-corrected chi connectivity index (χ1v) is 9.89. The molecule has 0 bridgehead atoms. The van der Waals surface area contributed by atoms with Gasteiger partial charge in [-0.2, -0.15) is 4.80 Å². The minimum Gasteiger partial charge on any atom is -0.476 e. The highest BCUT2D eigenvalue weighted by atomic mass is 32.1. The first kappa shape index (κ1) is 21.1. The van der Waals surface area contributed by atoms with Crippen LogP contribution in [0.5, 0.6) is 0 Å². The Hall–Kier alpha value is -4.19. The number of primary amides is 1. The van der Waals surface area contributed by atoms with Crippen LogP contribution < -0.4 is 5.73 Å². The number of nitrogens with two attached hydrogens (primary N) is 1. The van der Waals surface area contributed by atoms with E-state index in [4.69, 9.17) is 10.2 Å². The number of amides is 1. The number of halogens is 1. The first-order chi connectivity index (χ1) is 15.2. The second-order valence-corrected chi connectivity index (χ2v) is 7.63. The summed E-state index contributed by atoms with van der Waals surface area (Å²) in [5.74, 6) is -2.49. The van der Waals surface area contributed by atoms with E-state index in [1.165, 1.54) is 31.2 Å². The molecule has 1 amide bonds. The van der Waals surface area contributed by atoms with Crippen molar-refractivity contribution in [1.29, 1.82) is 0 Å². The van der Waals surface area contributed by atoms with E-state index in [1.54, 1.807) is 12.1 Å². The van der Waals surface area contributed by atoms with Gasteiger partial charge in [-0.25, -0.2) is 14.2 Å². The third-order valence-corrected chi connectivity index (χ3v) is 5.42. The number of nitrogens with zero attached hydrogens (tertiary/aromatic N) is 4. The van der Waals surface area contributed by atoms with Crippen LogP contribution >= 0.6 is 11.3 Å². The van der Waals surface area contributed by atoms with Crippen LogP contribution in [0.4, 0.5) is 4.39 Å². The average Bonchev–Trinajstić information content (AvgIpc) is 3.46. The topological polar surface area (TPSA) is 154 Å². The van der Waals surface area contributed by atoms with Crippen LogP contribution in [-0.4, -0.2) is 42.7 Å². The minimum absolute atomic E-state index is 0.0124. The number of furan rings is 1. The highest BCUT2D eigenvalue weighted by Crippen LogP contribution is 2.36. The third kappa shape index (κ3) is 4.03. The molecule has 4 rings (SSSR count). The molecule has 3 aromatic heterocycles. The van der Waals surface area contributed by atoms with Gasteiger partial charge in [0.2, 0.25) is 0 Å². The monoisotopic (exact) mass is 455 g/mol. The molecule has 0 saturated heterocycles. The molecule has 0 unspecified atom stereocenters. The summed E-state index contributed by atoms with van der Waals surface area (Å²) < 4.78 is 19.1. The van der Waals surface area contributed by atoms with Gasteiger partial charge < -0.3 is 15.3 Å². The summed E-state index contributed by atoms with van der Waals surface area (Å²) in [6.45, 7) is 1.35. The molecule has 0 spiro atoms. The minimum atomic E-state index is -1.33. The second-order valence-electron chi connectivity index (χ2n) is 6.63. The number of thiazole rings is 1. The Kier molecular flexibility index (Phi) is 5.36. The molecule has 1 aromatic carbocycles. The summed E-state index contributed by atoms with van der Waals surface area (Å²) >= 11 is 0.912. The summed E-state index contributed by atoms with van der Waals surface area (Å²) in [6.07, 6.45) is 0. The maximum atomic E-state index is 13.7. The average molecular weight is 455 g/mol. The zero-order valence-electron chi connectivity index (χ0n) is 16.4. The van der Waals surface area contributed by atoms with E-state index in [0.29, 0.717) is 11.3 Å². The number of carbonyl (C=O) groups excluding carboxylic acids is 2. The highest BCUT2D eigenvalue weighted by molar-refractivity contribution is 7.18. The maximum Gasteiger partial charge on any atom is 0.356 e. The van der Waals surface area contributed by atoms with Crippen LogP contribution in [0.2, 0.25) is 0 Å². The number of aromatic carboxylic acids is 1. The number of carboxylic acids is 1. The molecule has 0 fully saturated rings. The van der Waals surface area contributed by atoms with E-state index in [-0.39, 0.29) is 45.1 Å². The second kappa shape index (κ2) is 8.15. The number of hydrogen-bond acceptors (Lipinski definition) is 8. The summed E-state index contributed by atoms with van der Waals surface area (Å²) in [5.41, 5.74) is 5.17. The van der Waals surface area contributed by atoms with Gasteiger partial charge in [0.1, 0.15) is 23.1 Å². The Morgan fingerprint density at radius 1 is 1.19 bits per heavy atom. The van der Waals surface area contributed by atoms with E-state index >= 15 is 0 Å². The van der Waals surface area contributed by atoms with Crippen LogP contribution in [-0.2, 0) is 6.54 Å². The molecule has 0 radical (unpaired) electrons. The summed E-state index contributed by atoms with van der Waals surface area (Å²) in [4.78, 5) is 40.5. The zero-order valence-corrected chi connectivity index (χ0v) is 17.2. The van der Waals surface area contributed by atoms with Crippen LogP contribution in [0.25, 0.3) is 21.1 Å². The largest absolute Gasteiger partial charge is 0.476 e. The predicted octanol–water partition coefficient (Wildman–Crippen LogP) is 2.85. The third-order valence-electron chi connectivity index (χ3n) is 4.31. The van der Waals surface area contributed by atoms with Crippen molar-refractivity contribution in [3.05, 3.63) is 65.1 Å². The lowest BCUT2D eigenvalue weighted by Gasteiger charge is -1.98. The van der Waals surface area contributed by atoms with Crippen LogP contribution in [0.15, 0.2) is 40.8 Å². The lowest BCUT2D eigenvalue weighted by atomic mass is 10.1. The standard InChI is InChI=1S/C20H14FN5O5S/c1-9(27)13-6-5-12(31-13)8-26-24-14(18(22)28)15(25-26)19-23-16(20(29)30)17(32-19)10-3-2-4-11(21)7-10/h2-7H,8H2,1H3,(H2,22,28)(H,29,30). The van der Waals surface area contributed by atoms with E-state index < -0.39 is 17.7 Å². The Morgan fingerprint density at radius 2 is 1.97 bits per heavy atom. The number of carbonyl (C=O) groups is 3. The van der Waals surface area contributed by atoms with Crippen molar-refractivity contribution in [2.75, 3.05) is 0 Å². The zero-order chi connectivity index (χ0) is 23.0. The fourth-order valence-corrected chi connectivity index (χ4v) is 3.95. The van der Waals surface area contributed by atoms with Crippen molar-refractivity contribution in [3.8, 4) is 21.1 Å². The van der Waals surface area contributed by atoms with Crippen molar-refractivity contribution in [3.63, 3.8) is 0 Å². The predicted molar refractivity (Wildman–Crippen MR) is 110 cm³/mol.